The van der Waals surface area contributed by atoms with Crippen LogP contribution in [0.25, 0.3) is 0 Å². The Hall–Kier alpha value is -1.36. The zero-order valence-electron chi connectivity index (χ0n) is 12.3. The second-order valence-corrected chi connectivity index (χ2v) is 4.29. The zero-order valence-corrected chi connectivity index (χ0v) is 12.3. The summed E-state index contributed by atoms with van der Waals surface area (Å²) in [4.78, 5) is 0. The van der Waals surface area contributed by atoms with Gasteiger partial charge in [-0.3, -0.25) is 0 Å². The molecule has 0 saturated carbocycles. The van der Waals surface area contributed by atoms with Crippen molar-refractivity contribution in [2.24, 2.45) is 0 Å². The minimum atomic E-state index is 0.343. The summed E-state index contributed by atoms with van der Waals surface area (Å²) in [6.07, 6.45) is 6.12. The van der Waals surface area contributed by atoms with Crippen LogP contribution in [0.15, 0.2) is 36.4 Å². The van der Waals surface area contributed by atoms with Crippen LogP contribution in [-0.2, 0) is 20.8 Å². The van der Waals surface area contributed by atoms with Crippen molar-refractivity contribution in [3.8, 4) is 5.75 Å². The van der Waals surface area contributed by atoms with E-state index in [1.807, 2.05) is 30.3 Å². The maximum atomic E-state index is 5.61. The van der Waals surface area contributed by atoms with Crippen LogP contribution in [0, 0.1) is 0 Å². The number of ether oxygens (including phenoxy) is 4. The molecule has 0 radical (unpaired) electrons. The Morgan fingerprint density at radius 2 is 1.80 bits per heavy atom. The first-order valence-electron chi connectivity index (χ1n) is 6.79. The molecule has 0 aliphatic rings. The van der Waals surface area contributed by atoms with E-state index in [1.165, 1.54) is 0 Å². The second kappa shape index (κ2) is 11.5. The molecule has 0 fully saturated rings. The average molecular weight is 280 g/mol. The molecule has 112 valence electrons. The second-order valence-electron chi connectivity index (χ2n) is 4.29. The molecule has 1 aromatic carbocycles. The molecule has 0 spiro atoms. The third-order valence-electron chi connectivity index (χ3n) is 2.67. The summed E-state index contributed by atoms with van der Waals surface area (Å²) in [5, 5.41) is 0. The maximum Gasteiger partial charge on any atom is 0.146 e. The zero-order chi connectivity index (χ0) is 14.5. The first-order valence-corrected chi connectivity index (χ1v) is 6.79. The van der Waals surface area contributed by atoms with Gasteiger partial charge in [0, 0.05) is 13.7 Å². The van der Waals surface area contributed by atoms with Crippen LogP contribution in [-0.4, -0.2) is 34.2 Å². The Morgan fingerprint density at radius 3 is 2.50 bits per heavy atom. The Balaban J connectivity index is 1.98. The topological polar surface area (TPSA) is 36.9 Å². The van der Waals surface area contributed by atoms with Gasteiger partial charge >= 0.3 is 0 Å². The van der Waals surface area contributed by atoms with Gasteiger partial charge in [-0.1, -0.05) is 24.3 Å². The first kappa shape index (κ1) is 16.7. The van der Waals surface area contributed by atoms with E-state index in [0.717, 1.165) is 30.8 Å². The minimum Gasteiger partial charge on any atom is -0.497 e. The lowest BCUT2D eigenvalue weighted by Gasteiger charge is -2.04. The van der Waals surface area contributed by atoms with Crippen LogP contribution < -0.4 is 4.74 Å². The van der Waals surface area contributed by atoms with Crippen molar-refractivity contribution in [2.45, 2.75) is 19.4 Å². The molecule has 0 aliphatic heterocycles. The van der Waals surface area contributed by atoms with Gasteiger partial charge in [0.1, 0.15) is 12.5 Å². The lowest BCUT2D eigenvalue weighted by molar-refractivity contribution is -0.0187. The fourth-order valence-corrected chi connectivity index (χ4v) is 1.60. The molecule has 20 heavy (non-hydrogen) atoms. The van der Waals surface area contributed by atoms with Crippen LogP contribution in [0.1, 0.15) is 18.4 Å². The average Bonchev–Trinajstić information content (AvgIpc) is 2.50. The molecular weight excluding hydrogens is 256 g/mol. The van der Waals surface area contributed by atoms with Crippen molar-refractivity contribution in [3.63, 3.8) is 0 Å². The van der Waals surface area contributed by atoms with E-state index in [4.69, 9.17) is 18.9 Å². The summed E-state index contributed by atoms with van der Waals surface area (Å²) in [5.41, 5.74) is 1.16. The number of methoxy groups -OCH3 is 2. The van der Waals surface area contributed by atoms with E-state index in [2.05, 4.69) is 6.08 Å². The first-order chi connectivity index (χ1) is 9.86. The highest BCUT2D eigenvalue weighted by atomic mass is 16.7. The lowest BCUT2D eigenvalue weighted by atomic mass is 10.2. The van der Waals surface area contributed by atoms with Crippen LogP contribution >= 0.6 is 0 Å². The number of rotatable bonds is 11. The SMILES string of the molecule is COCOC/C=C/CCCOCc1ccc(OC)cc1. The number of benzene rings is 1. The normalized spacial score (nSPS) is 11.1. The standard InChI is InChI=1S/C16H24O4/c1-17-14-20-12-6-4-3-5-11-19-13-15-7-9-16(18-2)10-8-15/h4,6-10H,3,5,11-14H2,1-2H3/b6-4+. The fraction of sp³-hybridized carbons (Fsp3) is 0.500. The maximum absolute atomic E-state index is 5.61. The molecule has 0 saturated heterocycles. The third kappa shape index (κ3) is 7.94. The van der Waals surface area contributed by atoms with Gasteiger partial charge in [-0.15, -0.1) is 0 Å². The van der Waals surface area contributed by atoms with E-state index in [1.54, 1.807) is 14.2 Å². The Kier molecular flexibility index (Phi) is 9.57. The van der Waals surface area contributed by atoms with E-state index >= 15 is 0 Å². The van der Waals surface area contributed by atoms with E-state index < -0.39 is 0 Å². The van der Waals surface area contributed by atoms with Gasteiger partial charge in [-0.2, -0.15) is 0 Å². The molecule has 0 amide bonds. The monoisotopic (exact) mass is 280 g/mol. The summed E-state index contributed by atoms with van der Waals surface area (Å²) < 4.78 is 20.6. The molecule has 0 heterocycles. The largest absolute Gasteiger partial charge is 0.497 e. The fourth-order valence-electron chi connectivity index (χ4n) is 1.60. The molecule has 0 atom stereocenters. The lowest BCUT2D eigenvalue weighted by Crippen LogP contribution is -1.96. The van der Waals surface area contributed by atoms with Crippen LogP contribution in [0.5, 0.6) is 5.75 Å². The molecule has 0 unspecified atom stereocenters. The van der Waals surface area contributed by atoms with Crippen molar-refractivity contribution in [2.75, 3.05) is 34.2 Å². The van der Waals surface area contributed by atoms with Gasteiger partial charge in [0.05, 0.1) is 20.3 Å². The summed E-state index contributed by atoms with van der Waals surface area (Å²) in [6.45, 7) is 2.34. The third-order valence-corrected chi connectivity index (χ3v) is 2.67. The summed E-state index contributed by atoms with van der Waals surface area (Å²) in [5.74, 6) is 0.870. The summed E-state index contributed by atoms with van der Waals surface area (Å²) in [6, 6.07) is 7.93. The van der Waals surface area contributed by atoms with Gasteiger partial charge < -0.3 is 18.9 Å². The van der Waals surface area contributed by atoms with Gasteiger partial charge in [0.25, 0.3) is 0 Å². The van der Waals surface area contributed by atoms with Crippen LogP contribution in [0.4, 0.5) is 0 Å². The Morgan fingerprint density at radius 1 is 1.00 bits per heavy atom. The molecule has 4 heteroatoms. The number of hydrogen-bond acceptors (Lipinski definition) is 4. The molecule has 0 aromatic heterocycles. The molecule has 0 aliphatic carbocycles. The van der Waals surface area contributed by atoms with E-state index in [-0.39, 0.29) is 0 Å². The Bertz CT molecular complexity index is 359. The predicted octanol–water partition coefficient (Wildman–Crippen LogP) is 3.17. The number of unbranched alkanes of at least 4 members (excludes halogenated alkanes) is 1. The van der Waals surface area contributed by atoms with Gasteiger partial charge in [-0.25, -0.2) is 0 Å². The van der Waals surface area contributed by atoms with Gasteiger partial charge in [0.15, 0.2) is 0 Å². The molecule has 0 bridgehead atoms. The summed E-state index contributed by atoms with van der Waals surface area (Å²) >= 11 is 0. The highest BCUT2D eigenvalue weighted by Gasteiger charge is 1.94. The van der Waals surface area contributed by atoms with Crippen molar-refractivity contribution in [3.05, 3.63) is 42.0 Å². The Labute approximate surface area is 121 Å². The molecular formula is C16H24O4. The highest BCUT2D eigenvalue weighted by molar-refractivity contribution is 5.26. The number of allylic oxidation sites excluding steroid dienone is 1. The van der Waals surface area contributed by atoms with Crippen molar-refractivity contribution in [1.82, 2.24) is 0 Å². The van der Waals surface area contributed by atoms with Crippen molar-refractivity contribution >= 4 is 0 Å². The quantitative estimate of drug-likeness (QED) is 0.354. The van der Waals surface area contributed by atoms with Crippen LogP contribution in [0.2, 0.25) is 0 Å². The van der Waals surface area contributed by atoms with Crippen molar-refractivity contribution < 1.29 is 18.9 Å². The van der Waals surface area contributed by atoms with Crippen molar-refractivity contribution in [1.29, 1.82) is 0 Å². The van der Waals surface area contributed by atoms with E-state index in [0.29, 0.717) is 20.0 Å². The van der Waals surface area contributed by atoms with Gasteiger partial charge in [-0.05, 0) is 30.5 Å². The van der Waals surface area contributed by atoms with Gasteiger partial charge in [0.2, 0.25) is 0 Å². The predicted molar refractivity (Wildman–Crippen MR) is 78.9 cm³/mol. The van der Waals surface area contributed by atoms with Crippen LogP contribution in [0.3, 0.4) is 0 Å². The smallest absolute Gasteiger partial charge is 0.146 e. The number of hydrogen-bond donors (Lipinski definition) is 0. The molecule has 0 N–H and O–H groups in total. The molecule has 1 aromatic rings. The molecule has 1 rings (SSSR count). The summed E-state index contributed by atoms with van der Waals surface area (Å²) in [7, 11) is 3.28. The van der Waals surface area contributed by atoms with E-state index in [9.17, 15) is 0 Å². The molecule has 4 nitrogen and oxygen atoms in total. The highest BCUT2D eigenvalue weighted by Crippen LogP contribution is 2.12. The minimum absolute atomic E-state index is 0.343.